The Balaban J connectivity index is 2.21. The normalized spacial score (nSPS) is 16.2. The molecule has 0 saturated carbocycles. The molecule has 5 nitrogen and oxygen atoms in total. The van der Waals surface area contributed by atoms with Crippen LogP contribution in [0.3, 0.4) is 0 Å². The molecule has 0 radical (unpaired) electrons. The van der Waals surface area contributed by atoms with E-state index in [-0.39, 0.29) is 18.2 Å². The minimum atomic E-state index is -4.60. The summed E-state index contributed by atoms with van der Waals surface area (Å²) in [5.74, 6) is -0.940. The van der Waals surface area contributed by atoms with Crippen LogP contribution in [0.25, 0.3) is 0 Å². The number of halogens is 3. The van der Waals surface area contributed by atoms with Crippen LogP contribution in [0.5, 0.6) is 5.88 Å². The van der Waals surface area contributed by atoms with E-state index in [1.807, 2.05) is 20.8 Å². The number of hydrogen-bond acceptors (Lipinski definition) is 4. The highest BCUT2D eigenvalue weighted by molar-refractivity contribution is 5.93. The molecular formula is C19H27F3N2O3. The highest BCUT2D eigenvalue weighted by Gasteiger charge is 2.36. The van der Waals surface area contributed by atoms with Crippen molar-refractivity contribution in [1.82, 2.24) is 10.3 Å². The SMILES string of the molecule is CCC(C)(CC)NC(=O)c1ccc(C(F)(F)F)c(OCC2CCOCC2)n1. The first-order chi connectivity index (χ1) is 12.7. The van der Waals surface area contributed by atoms with E-state index in [0.717, 1.165) is 25.0 Å². The zero-order chi connectivity index (χ0) is 20.1. The number of amides is 1. The van der Waals surface area contributed by atoms with E-state index >= 15 is 0 Å². The zero-order valence-corrected chi connectivity index (χ0v) is 16.0. The molecule has 1 aromatic heterocycles. The van der Waals surface area contributed by atoms with Crippen molar-refractivity contribution >= 4 is 5.91 Å². The van der Waals surface area contributed by atoms with Crippen LogP contribution in [0, 0.1) is 5.92 Å². The van der Waals surface area contributed by atoms with Crippen LogP contribution in [0.1, 0.15) is 62.5 Å². The molecule has 1 amide bonds. The van der Waals surface area contributed by atoms with E-state index in [4.69, 9.17) is 9.47 Å². The number of nitrogens with zero attached hydrogens (tertiary/aromatic N) is 1. The van der Waals surface area contributed by atoms with Crippen molar-refractivity contribution in [3.8, 4) is 5.88 Å². The Morgan fingerprint density at radius 1 is 1.26 bits per heavy atom. The summed E-state index contributed by atoms with van der Waals surface area (Å²) in [6.07, 6.45) is -1.75. The molecular weight excluding hydrogens is 361 g/mol. The molecule has 27 heavy (non-hydrogen) atoms. The van der Waals surface area contributed by atoms with Crippen LogP contribution in [0.15, 0.2) is 12.1 Å². The van der Waals surface area contributed by atoms with E-state index in [2.05, 4.69) is 10.3 Å². The Labute approximate surface area is 157 Å². The third-order valence-electron chi connectivity index (χ3n) is 5.17. The molecule has 0 unspecified atom stereocenters. The number of pyridine rings is 1. The van der Waals surface area contributed by atoms with Gasteiger partial charge in [-0.1, -0.05) is 13.8 Å². The average molecular weight is 388 g/mol. The molecule has 2 heterocycles. The lowest BCUT2D eigenvalue weighted by molar-refractivity contribution is -0.139. The van der Waals surface area contributed by atoms with Crippen LogP contribution < -0.4 is 10.1 Å². The third kappa shape index (κ3) is 5.82. The van der Waals surface area contributed by atoms with Crippen molar-refractivity contribution in [1.29, 1.82) is 0 Å². The largest absolute Gasteiger partial charge is 0.477 e. The smallest absolute Gasteiger partial charge is 0.421 e. The van der Waals surface area contributed by atoms with E-state index in [9.17, 15) is 18.0 Å². The van der Waals surface area contributed by atoms with E-state index < -0.39 is 29.1 Å². The predicted octanol–water partition coefficient (Wildman–Crippen LogP) is 4.21. The van der Waals surface area contributed by atoms with Crippen molar-refractivity contribution in [2.45, 2.75) is 58.2 Å². The lowest BCUT2D eigenvalue weighted by atomic mass is 9.95. The van der Waals surface area contributed by atoms with Gasteiger partial charge in [0.1, 0.15) is 11.3 Å². The standard InChI is InChI=1S/C19H27F3N2O3/c1-4-18(3,5-2)24-16(25)15-7-6-14(19(20,21)22)17(23-15)27-12-13-8-10-26-11-9-13/h6-7,13H,4-5,8-12H2,1-3H3,(H,24,25). The molecule has 1 N–H and O–H groups in total. The van der Waals surface area contributed by atoms with Crippen molar-refractivity contribution in [2.75, 3.05) is 19.8 Å². The number of nitrogens with one attached hydrogen (secondary N) is 1. The van der Waals surface area contributed by atoms with Crippen LogP contribution >= 0.6 is 0 Å². The molecule has 1 aliphatic rings. The molecule has 0 aromatic carbocycles. The summed E-state index contributed by atoms with van der Waals surface area (Å²) in [7, 11) is 0. The summed E-state index contributed by atoms with van der Waals surface area (Å²) in [6.45, 7) is 7.02. The Kier molecular flexibility index (Phi) is 7.08. The van der Waals surface area contributed by atoms with Gasteiger partial charge in [-0.05, 0) is 50.7 Å². The van der Waals surface area contributed by atoms with Gasteiger partial charge in [0, 0.05) is 18.8 Å². The van der Waals surface area contributed by atoms with Gasteiger partial charge in [-0.25, -0.2) is 4.98 Å². The monoisotopic (exact) mass is 388 g/mol. The Morgan fingerprint density at radius 3 is 2.44 bits per heavy atom. The molecule has 2 rings (SSSR count). The van der Waals surface area contributed by atoms with E-state index in [1.54, 1.807) is 0 Å². The third-order valence-corrected chi connectivity index (χ3v) is 5.17. The van der Waals surface area contributed by atoms with Crippen molar-refractivity contribution in [3.05, 3.63) is 23.4 Å². The lowest BCUT2D eigenvalue weighted by Crippen LogP contribution is -2.45. The minimum absolute atomic E-state index is 0.0851. The van der Waals surface area contributed by atoms with Gasteiger partial charge in [0.15, 0.2) is 0 Å². The fourth-order valence-electron chi connectivity index (χ4n) is 2.77. The Bertz CT molecular complexity index is 640. The number of carbonyl (C=O) groups excluding carboxylic acids is 1. The highest BCUT2D eigenvalue weighted by atomic mass is 19.4. The maximum Gasteiger partial charge on any atom is 0.421 e. The summed E-state index contributed by atoms with van der Waals surface area (Å²) < 4.78 is 50.5. The highest BCUT2D eigenvalue weighted by Crippen LogP contribution is 2.35. The van der Waals surface area contributed by atoms with Gasteiger partial charge in [-0.3, -0.25) is 4.79 Å². The Morgan fingerprint density at radius 2 is 1.89 bits per heavy atom. The number of rotatable bonds is 7. The second-order valence-electron chi connectivity index (χ2n) is 7.14. The van der Waals surface area contributed by atoms with Crippen LogP contribution in [0.2, 0.25) is 0 Å². The van der Waals surface area contributed by atoms with Gasteiger partial charge in [0.25, 0.3) is 5.91 Å². The number of carbonyl (C=O) groups is 1. The maximum atomic E-state index is 13.3. The lowest BCUT2D eigenvalue weighted by Gasteiger charge is -2.28. The second kappa shape index (κ2) is 8.91. The first kappa shape index (κ1) is 21.5. The van der Waals surface area contributed by atoms with E-state index in [1.165, 1.54) is 0 Å². The molecule has 8 heteroatoms. The molecule has 0 spiro atoms. The van der Waals surface area contributed by atoms with Gasteiger partial charge in [0.2, 0.25) is 5.88 Å². The van der Waals surface area contributed by atoms with Gasteiger partial charge in [0.05, 0.1) is 6.61 Å². The maximum absolute atomic E-state index is 13.3. The zero-order valence-electron chi connectivity index (χ0n) is 16.0. The predicted molar refractivity (Wildman–Crippen MR) is 94.7 cm³/mol. The summed E-state index contributed by atoms with van der Waals surface area (Å²) in [5, 5.41) is 2.85. The van der Waals surface area contributed by atoms with Crippen LogP contribution in [0.4, 0.5) is 13.2 Å². The fraction of sp³-hybridized carbons (Fsp3) is 0.684. The molecule has 0 aliphatic carbocycles. The molecule has 152 valence electrons. The van der Waals surface area contributed by atoms with Crippen molar-refractivity contribution < 1.29 is 27.4 Å². The molecule has 1 fully saturated rings. The van der Waals surface area contributed by atoms with Gasteiger partial charge in [-0.2, -0.15) is 13.2 Å². The first-order valence-electron chi connectivity index (χ1n) is 9.30. The van der Waals surface area contributed by atoms with Crippen LogP contribution in [-0.4, -0.2) is 36.3 Å². The second-order valence-corrected chi connectivity index (χ2v) is 7.14. The molecule has 1 aromatic rings. The molecule has 0 atom stereocenters. The number of aromatic nitrogens is 1. The summed E-state index contributed by atoms with van der Waals surface area (Å²) in [4.78, 5) is 16.4. The van der Waals surface area contributed by atoms with Crippen molar-refractivity contribution in [2.24, 2.45) is 5.92 Å². The minimum Gasteiger partial charge on any atom is -0.477 e. The quantitative estimate of drug-likeness (QED) is 0.760. The number of hydrogen-bond donors (Lipinski definition) is 1. The molecule has 0 bridgehead atoms. The van der Waals surface area contributed by atoms with Gasteiger partial charge in [-0.15, -0.1) is 0 Å². The Hall–Kier alpha value is -1.83. The summed E-state index contributed by atoms with van der Waals surface area (Å²) in [5.41, 5.74) is -1.50. The molecule has 1 aliphatic heterocycles. The first-order valence-corrected chi connectivity index (χ1v) is 9.30. The summed E-state index contributed by atoms with van der Waals surface area (Å²) >= 11 is 0. The van der Waals surface area contributed by atoms with Crippen molar-refractivity contribution in [3.63, 3.8) is 0 Å². The van der Waals surface area contributed by atoms with Gasteiger partial charge >= 0.3 is 6.18 Å². The topological polar surface area (TPSA) is 60.5 Å². The average Bonchev–Trinajstić information content (AvgIpc) is 2.66. The number of ether oxygens (including phenoxy) is 2. The number of alkyl halides is 3. The molecule has 1 saturated heterocycles. The van der Waals surface area contributed by atoms with Gasteiger partial charge < -0.3 is 14.8 Å². The summed E-state index contributed by atoms with van der Waals surface area (Å²) in [6, 6.07) is 1.95. The fourth-order valence-corrected chi connectivity index (χ4v) is 2.77. The van der Waals surface area contributed by atoms with Crippen LogP contribution in [-0.2, 0) is 10.9 Å². The van der Waals surface area contributed by atoms with E-state index in [0.29, 0.717) is 26.1 Å².